The van der Waals surface area contributed by atoms with E-state index in [9.17, 15) is 4.79 Å². The van der Waals surface area contributed by atoms with Gasteiger partial charge >= 0.3 is 0 Å². The summed E-state index contributed by atoms with van der Waals surface area (Å²) in [5.41, 5.74) is 1.10. The van der Waals surface area contributed by atoms with Crippen molar-refractivity contribution in [2.24, 2.45) is 0 Å². The van der Waals surface area contributed by atoms with Gasteiger partial charge in [0, 0.05) is 18.2 Å². The number of methoxy groups -OCH3 is 2. The lowest BCUT2D eigenvalue weighted by molar-refractivity contribution is 0.0922. The number of hydrogen-bond acceptors (Lipinski definition) is 6. The van der Waals surface area contributed by atoms with E-state index >= 15 is 0 Å². The molecule has 7 nitrogen and oxygen atoms in total. The SMILES string of the molecule is COc1ccc(Nc2cc(C(=O)NC3CCCCC3)nc(C)n2)c(OC)c1. The van der Waals surface area contributed by atoms with Crippen molar-refractivity contribution in [1.82, 2.24) is 15.3 Å². The number of aryl methyl sites for hydroxylation is 1. The first-order chi connectivity index (χ1) is 13.1. The molecule has 1 aromatic carbocycles. The Morgan fingerprint density at radius 1 is 1.07 bits per heavy atom. The summed E-state index contributed by atoms with van der Waals surface area (Å²) in [6, 6.07) is 7.36. The minimum absolute atomic E-state index is 0.155. The standard InChI is InChI=1S/C20H26N4O3/c1-13-21-17(20(25)23-14-7-5-4-6-8-14)12-19(22-13)24-16-10-9-15(26-2)11-18(16)27-3/h9-12,14H,4-8H2,1-3H3,(H,23,25)(H,21,22,24). The Morgan fingerprint density at radius 3 is 2.56 bits per heavy atom. The number of amides is 1. The molecule has 27 heavy (non-hydrogen) atoms. The molecule has 1 aliphatic rings. The predicted molar refractivity (Wildman–Crippen MR) is 104 cm³/mol. The minimum atomic E-state index is -0.155. The van der Waals surface area contributed by atoms with Crippen molar-refractivity contribution in [3.63, 3.8) is 0 Å². The van der Waals surface area contributed by atoms with Gasteiger partial charge in [0.25, 0.3) is 5.91 Å². The third kappa shape index (κ3) is 4.87. The first-order valence-corrected chi connectivity index (χ1v) is 9.24. The Morgan fingerprint density at radius 2 is 1.85 bits per heavy atom. The fraction of sp³-hybridized carbons (Fsp3) is 0.450. The summed E-state index contributed by atoms with van der Waals surface area (Å²) in [6.07, 6.45) is 5.64. The van der Waals surface area contributed by atoms with Crippen LogP contribution in [0.2, 0.25) is 0 Å². The highest BCUT2D eigenvalue weighted by molar-refractivity contribution is 5.93. The first-order valence-electron chi connectivity index (χ1n) is 9.24. The maximum Gasteiger partial charge on any atom is 0.270 e. The van der Waals surface area contributed by atoms with Crippen LogP contribution in [0.15, 0.2) is 24.3 Å². The Bertz CT molecular complexity index is 804. The summed E-state index contributed by atoms with van der Waals surface area (Å²) in [5.74, 6) is 2.24. The molecule has 0 bridgehead atoms. The number of rotatable bonds is 6. The Hall–Kier alpha value is -2.83. The van der Waals surface area contributed by atoms with Gasteiger partial charge in [0.2, 0.25) is 0 Å². The smallest absolute Gasteiger partial charge is 0.270 e. The molecule has 0 atom stereocenters. The second-order valence-electron chi connectivity index (χ2n) is 6.69. The molecule has 2 aromatic rings. The van der Waals surface area contributed by atoms with Crippen LogP contribution in [0, 0.1) is 6.92 Å². The number of carbonyl (C=O) groups excluding carboxylic acids is 1. The van der Waals surface area contributed by atoms with E-state index in [2.05, 4.69) is 20.6 Å². The number of anilines is 2. The van der Waals surface area contributed by atoms with Gasteiger partial charge < -0.3 is 20.1 Å². The van der Waals surface area contributed by atoms with Gasteiger partial charge in [-0.25, -0.2) is 9.97 Å². The van der Waals surface area contributed by atoms with Crippen molar-refractivity contribution in [3.8, 4) is 11.5 Å². The number of ether oxygens (including phenoxy) is 2. The van der Waals surface area contributed by atoms with Crippen LogP contribution in [0.4, 0.5) is 11.5 Å². The molecule has 7 heteroatoms. The average Bonchev–Trinajstić information content (AvgIpc) is 2.68. The maximum absolute atomic E-state index is 12.6. The molecule has 2 N–H and O–H groups in total. The van der Waals surface area contributed by atoms with Gasteiger partial charge in [0.05, 0.1) is 19.9 Å². The van der Waals surface area contributed by atoms with Crippen LogP contribution in [0.5, 0.6) is 11.5 Å². The van der Waals surface area contributed by atoms with Gasteiger partial charge in [0.1, 0.15) is 28.8 Å². The number of hydrogen-bond donors (Lipinski definition) is 2. The number of benzene rings is 1. The molecular formula is C20H26N4O3. The number of nitrogens with zero attached hydrogens (tertiary/aromatic N) is 2. The van der Waals surface area contributed by atoms with E-state index in [-0.39, 0.29) is 11.9 Å². The van der Waals surface area contributed by atoms with Crippen molar-refractivity contribution >= 4 is 17.4 Å². The van der Waals surface area contributed by atoms with Crippen molar-refractivity contribution in [3.05, 3.63) is 35.8 Å². The van der Waals surface area contributed by atoms with Crippen LogP contribution >= 0.6 is 0 Å². The maximum atomic E-state index is 12.6. The first kappa shape index (κ1) is 18.9. The Kier molecular flexibility index (Phi) is 6.11. The fourth-order valence-corrected chi connectivity index (χ4v) is 3.29. The molecule has 1 aromatic heterocycles. The van der Waals surface area contributed by atoms with Gasteiger partial charge in [-0.1, -0.05) is 19.3 Å². The number of aromatic nitrogens is 2. The van der Waals surface area contributed by atoms with E-state index in [1.54, 1.807) is 33.3 Å². The minimum Gasteiger partial charge on any atom is -0.497 e. The molecule has 0 saturated heterocycles. The van der Waals surface area contributed by atoms with Crippen LogP contribution in [-0.2, 0) is 0 Å². The van der Waals surface area contributed by atoms with Crippen molar-refractivity contribution in [1.29, 1.82) is 0 Å². The van der Waals surface area contributed by atoms with Crippen molar-refractivity contribution in [2.45, 2.75) is 45.1 Å². The van der Waals surface area contributed by atoms with E-state index in [4.69, 9.17) is 9.47 Å². The van der Waals surface area contributed by atoms with Crippen LogP contribution in [0.25, 0.3) is 0 Å². The van der Waals surface area contributed by atoms with Crippen molar-refractivity contribution in [2.75, 3.05) is 19.5 Å². The summed E-state index contributed by atoms with van der Waals surface area (Å²) in [6.45, 7) is 1.77. The lowest BCUT2D eigenvalue weighted by Gasteiger charge is -2.22. The van der Waals surface area contributed by atoms with Crippen LogP contribution in [0.1, 0.15) is 48.4 Å². The molecule has 144 valence electrons. The zero-order valence-corrected chi connectivity index (χ0v) is 16.0. The molecule has 1 heterocycles. The van der Waals surface area contributed by atoms with E-state index in [1.165, 1.54) is 6.42 Å². The summed E-state index contributed by atoms with van der Waals surface area (Å²) in [7, 11) is 3.20. The van der Waals surface area contributed by atoms with Crippen LogP contribution in [0.3, 0.4) is 0 Å². The average molecular weight is 370 g/mol. The topological polar surface area (TPSA) is 85.4 Å². The summed E-state index contributed by atoms with van der Waals surface area (Å²) >= 11 is 0. The molecule has 0 spiro atoms. The lowest BCUT2D eigenvalue weighted by atomic mass is 9.95. The highest BCUT2D eigenvalue weighted by atomic mass is 16.5. The normalized spacial score (nSPS) is 14.5. The van der Waals surface area contributed by atoms with E-state index in [0.29, 0.717) is 28.8 Å². The third-order valence-corrected chi connectivity index (χ3v) is 4.68. The molecule has 0 radical (unpaired) electrons. The van der Waals surface area contributed by atoms with Crippen LogP contribution < -0.4 is 20.1 Å². The Labute approximate surface area is 159 Å². The number of carbonyl (C=O) groups is 1. The predicted octanol–water partition coefficient (Wildman–Crippen LogP) is 3.61. The van der Waals surface area contributed by atoms with Gasteiger partial charge in [-0.15, -0.1) is 0 Å². The van der Waals surface area contributed by atoms with E-state index < -0.39 is 0 Å². The van der Waals surface area contributed by atoms with Gasteiger partial charge in [-0.2, -0.15) is 0 Å². The van der Waals surface area contributed by atoms with Crippen LogP contribution in [-0.4, -0.2) is 36.1 Å². The molecule has 1 saturated carbocycles. The monoisotopic (exact) mass is 370 g/mol. The van der Waals surface area contributed by atoms with E-state index in [1.807, 2.05) is 12.1 Å². The molecular weight excluding hydrogens is 344 g/mol. The van der Waals surface area contributed by atoms with Gasteiger partial charge in [0.15, 0.2) is 0 Å². The highest BCUT2D eigenvalue weighted by Gasteiger charge is 2.18. The largest absolute Gasteiger partial charge is 0.497 e. The highest BCUT2D eigenvalue weighted by Crippen LogP contribution is 2.31. The quantitative estimate of drug-likeness (QED) is 0.808. The Balaban J connectivity index is 1.78. The summed E-state index contributed by atoms with van der Waals surface area (Å²) in [5, 5.41) is 6.30. The van der Waals surface area contributed by atoms with E-state index in [0.717, 1.165) is 31.4 Å². The van der Waals surface area contributed by atoms with Gasteiger partial charge in [-0.3, -0.25) is 4.79 Å². The molecule has 1 aliphatic carbocycles. The fourth-order valence-electron chi connectivity index (χ4n) is 3.29. The second-order valence-corrected chi connectivity index (χ2v) is 6.69. The van der Waals surface area contributed by atoms with Gasteiger partial charge in [-0.05, 0) is 31.9 Å². The zero-order chi connectivity index (χ0) is 19.2. The molecule has 0 unspecified atom stereocenters. The lowest BCUT2D eigenvalue weighted by Crippen LogP contribution is -2.36. The third-order valence-electron chi connectivity index (χ3n) is 4.68. The molecule has 1 fully saturated rings. The molecule has 3 rings (SSSR count). The zero-order valence-electron chi connectivity index (χ0n) is 16.0. The summed E-state index contributed by atoms with van der Waals surface area (Å²) in [4.78, 5) is 21.3. The molecule has 0 aliphatic heterocycles. The second kappa shape index (κ2) is 8.70. The molecule has 1 amide bonds. The van der Waals surface area contributed by atoms with Crippen molar-refractivity contribution < 1.29 is 14.3 Å². The number of nitrogens with one attached hydrogen (secondary N) is 2. The summed E-state index contributed by atoms with van der Waals surface area (Å²) < 4.78 is 10.6.